The molecule has 1 aliphatic rings. The molecule has 0 unspecified atom stereocenters. The van der Waals surface area contributed by atoms with E-state index in [1.165, 1.54) is 6.92 Å². The van der Waals surface area contributed by atoms with E-state index in [2.05, 4.69) is 0 Å². The van der Waals surface area contributed by atoms with E-state index in [-0.39, 0.29) is 0 Å². The number of ether oxygens (including phenoxy) is 2. The van der Waals surface area contributed by atoms with E-state index in [0.717, 1.165) is 4.90 Å². The van der Waals surface area contributed by atoms with Crippen LogP contribution in [0.25, 0.3) is 0 Å². The van der Waals surface area contributed by atoms with Crippen molar-refractivity contribution in [3.8, 4) is 0 Å². The van der Waals surface area contributed by atoms with Gasteiger partial charge in [0.2, 0.25) is 0 Å². The van der Waals surface area contributed by atoms with Crippen molar-refractivity contribution in [1.82, 2.24) is 9.80 Å². The Morgan fingerprint density at radius 3 is 1.83 bits per heavy atom. The van der Waals surface area contributed by atoms with Crippen LogP contribution in [-0.2, 0) is 19.1 Å². The average Bonchev–Trinajstić information content (AvgIpc) is 2.29. The van der Waals surface area contributed by atoms with E-state index in [9.17, 15) is 19.2 Å². The number of hydrogen-bond donors (Lipinski definition) is 0. The zero-order valence-corrected chi connectivity index (χ0v) is 14.6. The zero-order chi connectivity index (χ0) is 18.2. The molecule has 0 saturated carbocycles. The molecular formula is C15H24N2O6. The van der Waals surface area contributed by atoms with Gasteiger partial charge in [0.15, 0.2) is 0 Å². The molecule has 0 radical (unpaired) electrons. The summed E-state index contributed by atoms with van der Waals surface area (Å²) in [4.78, 5) is 50.0. The van der Waals surface area contributed by atoms with Crippen molar-refractivity contribution in [3.05, 3.63) is 0 Å². The van der Waals surface area contributed by atoms with Crippen molar-refractivity contribution in [2.24, 2.45) is 0 Å². The fourth-order valence-corrected chi connectivity index (χ4v) is 1.88. The number of nitrogens with zero attached hydrogens (tertiary/aromatic N) is 2. The highest BCUT2D eigenvalue weighted by molar-refractivity contribution is 6.08. The van der Waals surface area contributed by atoms with Crippen molar-refractivity contribution in [2.45, 2.75) is 65.7 Å². The Hall–Kier alpha value is -2.12. The second-order valence-corrected chi connectivity index (χ2v) is 7.32. The van der Waals surface area contributed by atoms with E-state index in [0.29, 0.717) is 4.90 Å². The molecule has 1 aliphatic heterocycles. The number of piperazine rings is 1. The van der Waals surface area contributed by atoms with E-state index in [1.807, 2.05) is 0 Å². The van der Waals surface area contributed by atoms with Crippen LogP contribution in [0.3, 0.4) is 0 Å². The van der Waals surface area contributed by atoms with E-state index < -0.39 is 47.8 Å². The lowest BCUT2D eigenvalue weighted by atomic mass is 10.1. The van der Waals surface area contributed by atoms with Crippen LogP contribution in [0, 0.1) is 0 Å². The van der Waals surface area contributed by atoms with Crippen molar-refractivity contribution in [3.63, 3.8) is 0 Å². The normalized spacial score (nSPS) is 19.7. The van der Waals surface area contributed by atoms with Crippen LogP contribution in [0.1, 0.15) is 48.5 Å². The SMILES string of the molecule is C[C@H]1C(=O)N(C(=O)OC(C)(C)C)CC(=O)N1C(=O)OC(C)(C)C. The maximum absolute atomic E-state index is 12.3. The Kier molecular flexibility index (Phi) is 5.08. The third-order valence-electron chi connectivity index (χ3n) is 2.78. The third-order valence-corrected chi connectivity index (χ3v) is 2.78. The molecule has 8 heteroatoms. The summed E-state index contributed by atoms with van der Waals surface area (Å²) in [5, 5.41) is 0. The van der Waals surface area contributed by atoms with Gasteiger partial charge in [-0.3, -0.25) is 9.59 Å². The molecular weight excluding hydrogens is 304 g/mol. The summed E-state index contributed by atoms with van der Waals surface area (Å²) in [7, 11) is 0. The van der Waals surface area contributed by atoms with Gasteiger partial charge in [0, 0.05) is 0 Å². The smallest absolute Gasteiger partial charge is 0.417 e. The van der Waals surface area contributed by atoms with E-state index in [1.54, 1.807) is 41.5 Å². The van der Waals surface area contributed by atoms with Crippen LogP contribution in [0.4, 0.5) is 9.59 Å². The Balaban J connectivity index is 2.92. The molecule has 1 fully saturated rings. The summed E-state index contributed by atoms with van der Waals surface area (Å²) in [5.74, 6) is -1.39. The van der Waals surface area contributed by atoms with Crippen molar-refractivity contribution in [2.75, 3.05) is 6.54 Å². The Bertz CT molecular complexity index is 529. The number of carbonyl (C=O) groups excluding carboxylic acids is 4. The van der Waals surface area contributed by atoms with E-state index in [4.69, 9.17) is 9.47 Å². The zero-order valence-electron chi connectivity index (χ0n) is 14.6. The maximum Gasteiger partial charge on any atom is 0.417 e. The standard InChI is InChI=1S/C15H24N2O6/c1-9-11(19)16(12(20)22-14(2,3)4)8-10(18)17(9)13(21)23-15(5,6)7/h9H,8H2,1-7H3/t9-/m0/s1. The first-order valence-electron chi connectivity index (χ1n) is 7.32. The lowest BCUT2D eigenvalue weighted by Crippen LogP contribution is -2.62. The molecule has 23 heavy (non-hydrogen) atoms. The molecule has 1 saturated heterocycles. The fraction of sp³-hybridized carbons (Fsp3) is 0.733. The molecule has 0 aromatic heterocycles. The van der Waals surface area contributed by atoms with E-state index >= 15 is 0 Å². The minimum Gasteiger partial charge on any atom is -0.443 e. The third kappa shape index (κ3) is 4.94. The number of carbonyl (C=O) groups is 4. The van der Waals surface area contributed by atoms with Crippen LogP contribution in [0.2, 0.25) is 0 Å². The molecule has 0 spiro atoms. The quantitative estimate of drug-likeness (QED) is 0.674. The van der Waals surface area contributed by atoms with Gasteiger partial charge < -0.3 is 9.47 Å². The van der Waals surface area contributed by atoms with Gasteiger partial charge in [-0.1, -0.05) is 0 Å². The summed E-state index contributed by atoms with van der Waals surface area (Å²) < 4.78 is 10.2. The maximum atomic E-state index is 12.3. The molecule has 130 valence electrons. The van der Waals surface area contributed by atoms with Crippen LogP contribution in [0.15, 0.2) is 0 Å². The summed E-state index contributed by atoms with van der Waals surface area (Å²) >= 11 is 0. The van der Waals surface area contributed by atoms with Crippen molar-refractivity contribution < 1.29 is 28.7 Å². The highest BCUT2D eigenvalue weighted by Crippen LogP contribution is 2.19. The molecule has 4 amide bonds. The second-order valence-electron chi connectivity index (χ2n) is 7.32. The lowest BCUT2D eigenvalue weighted by Gasteiger charge is -2.37. The Morgan fingerprint density at radius 2 is 1.39 bits per heavy atom. The van der Waals surface area contributed by atoms with Crippen LogP contribution < -0.4 is 0 Å². The first-order chi connectivity index (χ1) is 10.2. The minimum atomic E-state index is -1.14. The summed E-state index contributed by atoms with van der Waals surface area (Å²) in [5.41, 5.74) is -1.60. The average molecular weight is 328 g/mol. The largest absolute Gasteiger partial charge is 0.443 e. The Labute approximate surface area is 135 Å². The highest BCUT2D eigenvalue weighted by Gasteiger charge is 2.45. The van der Waals surface area contributed by atoms with Gasteiger partial charge in [0.25, 0.3) is 11.8 Å². The molecule has 0 N–H and O–H groups in total. The van der Waals surface area contributed by atoms with Gasteiger partial charge in [-0.2, -0.15) is 0 Å². The van der Waals surface area contributed by atoms with Crippen molar-refractivity contribution in [1.29, 1.82) is 0 Å². The first-order valence-corrected chi connectivity index (χ1v) is 7.32. The first kappa shape index (κ1) is 18.9. The number of hydrogen-bond acceptors (Lipinski definition) is 6. The molecule has 1 heterocycles. The second kappa shape index (κ2) is 6.17. The monoisotopic (exact) mass is 328 g/mol. The number of amides is 4. The molecule has 0 aromatic carbocycles. The molecule has 0 bridgehead atoms. The van der Waals surface area contributed by atoms with Gasteiger partial charge in [-0.05, 0) is 48.5 Å². The van der Waals surface area contributed by atoms with Gasteiger partial charge in [-0.25, -0.2) is 19.4 Å². The summed E-state index contributed by atoms with van der Waals surface area (Å²) in [6.07, 6.45) is -1.82. The van der Waals surface area contributed by atoms with Crippen LogP contribution >= 0.6 is 0 Å². The van der Waals surface area contributed by atoms with Crippen LogP contribution in [0.5, 0.6) is 0 Å². The molecule has 1 atom stereocenters. The predicted molar refractivity (Wildman–Crippen MR) is 80.5 cm³/mol. The van der Waals surface area contributed by atoms with Crippen molar-refractivity contribution >= 4 is 24.0 Å². The number of rotatable bonds is 0. The lowest BCUT2D eigenvalue weighted by molar-refractivity contribution is -0.153. The molecule has 0 aromatic rings. The van der Waals surface area contributed by atoms with Crippen LogP contribution in [-0.4, -0.2) is 57.6 Å². The molecule has 8 nitrogen and oxygen atoms in total. The van der Waals surface area contributed by atoms with Gasteiger partial charge in [0.05, 0.1) is 0 Å². The minimum absolute atomic E-state index is 0.558. The summed E-state index contributed by atoms with van der Waals surface area (Å²) in [6.45, 7) is 10.7. The highest BCUT2D eigenvalue weighted by atomic mass is 16.6. The van der Waals surface area contributed by atoms with Gasteiger partial charge >= 0.3 is 12.2 Å². The molecule has 0 aliphatic carbocycles. The topological polar surface area (TPSA) is 93.2 Å². The Morgan fingerprint density at radius 1 is 0.957 bits per heavy atom. The fourth-order valence-electron chi connectivity index (χ4n) is 1.88. The predicted octanol–water partition coefficient (Wildman–Crippen LogP) is 1.92. The van der Waals surface area contributed by atoms with Gasteiger partial charge in [-0.15, -0.1) is 0 Å². The number of imide groups is 2. The van der Waals surface area contributed by atoms with Gasteiger partial charge in [0.1, 0.15) is 23.8 Å². The summed E-state index contributed by atoms with van der Waals surface area (Å²) in [6, 6.07) is -1.14. The molecule has 1 rings (SSSR count).